The third-order valence-corrected chi connectivity index (χ3v) is 3.41. The van der Waals surface area contributed by atoms with E-state index in [4.69, 9.17) is 5.11 Å². The summed E-state index contributed by atoms with van der Waals surface area (Å²) >= 11 is 0. The first-order valence-corrected chi connectivity index (χ1v) is 5.75. The van der Waals surface area contributed by atoms with Gasteiger partial charge in [0.1, 0.15) is 5.82 Å². The molecule has 0 aromatic heterocycles. The van der Waals surface area contributed by atoms with Crippen LogP contribution in [0, 0.1) is 17.7 Å². The van der Waals surface area contributed by atoms with Gasteiger partial charge >= 0.3 is 5.97 Å². The van der Waals surface area contributed by atoms with Crippen LogP contribution >= 0.6 is 0 Å². The van der Waals surface area contributed by atoms with E-state index in [1.165, 1.54) is 6.07 Å². The molecule has 0 saturated carbocycles. The zero-order valence-electron chi connectivity index (χ0n) is 10.4. The van der Waals surface area contributed by atoms with Crippen LogP contribution in [0.2, 0.25) is 0 Å². The average Bonchev–Trinajstić information content (AvgIpc) is 2.53. The zero-order chi connectivity index (χ0) is 14.3. The maximum absolute atomic E-state index is 13.6. The number of rotatable bonds is 2. The second kappa shape index (κ2) is 4.46. The van der Waals surface area contributed by atoms with Crippen molar-refractivity contribution in [3.63, 3.8) is 0 Å². The van der Waals surface area contributed by atoms with Crippen LogP contribution in [0.3, 0.4) is 0 Å². The average molecular weight is 265 g/mol. The normalized spacial score (nSPS) is 23.0. The Morgan fingerprint density at radius 3 is 2.16 bits per heavy atom. The molecule has 2 atom stereocenters. The second-order valence-electron chi connectivity index (χ2n) is 4.56. The van der Waals surface area contributed by atoms with Crippen molar-refractivity contribution in [1.29, 1.82) is 0 Å². The third kappa shape index (κ3) is 1.99. The summed E-state index contributed by atoms with van der Waals surface area (Å²) in [6.07, 6.45) is 0. The van der Waals surface area contributed by atoms with Gasteiger partial charge in [0.05, 0.1) is 11.3 Å². The molecule has 1 fully saturated rings. The summed E-state index contributed by atoms with van der Waals surface area (Å²) in [5.74, 6) is -4.10. The van der Waals surface area contributed by atoms with Gasteiger partial charge in [-0.3, -0.25) is 9.59 Å². The molecule has 0 radical (unpaired) electrons. The Morgan fingerprint density at radius 2 is 1.74 bits per heavy atom. The summed E-state index contributed by atoms with van der Waals surface area (Å²) in [5.41, 5.74) is -0.433. The number of carboxylic acids is 1. The number of halogens is 1. The topological polar surface area (TPSA) is 74.7 Å². The number of anilines is 1. The molecule has 2 rings (SSSR count). The van der Waals surface area contributed by atoms with Gasteiger partial charge in [0.2, 0.25) is 11.8 Å². The van der Waals surface area contributed by atoms with Crippen molar-refractivity contribution in [2.75, 3.05) is 4.90 Å². The highest BCUT2D eigenvalue weighted by molar-refractivity contribution is 6.21. The van der Waals surface area contributed by atoms with Gasteiger partial charge in [0.15, 0.2) is 0 Å². The van der Waals surface area contributed by atoms with Crippen LogP contribution in [-0.2, 0) is 9.59 Å². The SMILES string of the molecule is CC1C(=O)N(c2ccc(C(=O)O)c(F)c2)C(=O)C1C. The molecule has 6 heteroatoms. The van der Waals surface area contributed by atoms with E-state index in [0.717, 1.165) is 17.0 Å². The minimum atomic E-state index is -1.40. The van der Waals surface area contributed by atoms with Crippen LogP contribution in [0.15, 0.2) is 18.2 Å². The van der Waals surface area contributed by atoms with Crippen LogP contribution in [0.25, 0.3) is 0 Å². The first-order chi connectivity index (χ1) is 8.84. The smallest absolute Gasteiger partial charge is 0.338 e. The van der Waals surface area contributed by atoms with Gasteiger partial charge in [0, 0.05) is 11.8 Å². The van der Waals surface area contributed by atoms with E-state index in [-0.39, 0.29) is 5.69 Å². The van der Waals surface area contributed by atoms with E-state index in [1.54, 1.807) is 13.8 Å². The van der Waals surface area contributed by atoms with Crippen LogP contribution in [0.1, 0.15) is 24.2 Å². The zero-order valence-corrected chi connectivity index (χ0v) is 10.4. The number of carboxylic acid groups (broad SMARTS) is 1. The lowest BCUT2D eigenvalue weighted by Gasteiger charge is -2.15. The van der Waals surface area contributed by atoms with Crippen molar-refractivity contribution in [1.82, 2.24) is 0 Å². The molecule has 0 aliphatic carbocycles. The van der Waals surface area contributed by atoms with E-state index in [9.17, 15) is 18.8 Å². The fourth-order valence-corrected chi connectivity index (χ4v) is 2.01. The highest BCUT2D eigenvalue weighted by Gasteiger charge is 2.43. The fraction of sp³-hybridized carbons (Fsp3) is 0.308. The number of nitrogens with zero attached hydrogens (tertiary/aromatic N) is 1. The Morgan fingerprint density at radius 1 is 1.21 bits per heavy atom. The highest BCUT2D eigenvalue weighted by Crippen LogP contribution is 2.31. The second-order valence-corrected chi connectivity index (χ2v) is 4.56. The summed E-state index contributed by atoms with van der Waals surface area (Å²) in [4.78, 5) is 35.5. The van der Waals surface area contributed by atoms with Crippen LogP contribution in [0.5, 0.6) is 0 Å². The first kappa shape index (κ1) is 13.2. The molecule has 1 aromatic rings. The van der Waals surface area contributed by atoms with Crippen LogP contribution < -0.4 is 4.90 Å². The monoisotopic (exact) mass is 265 g/mol. The van der Waals surface area contributed by atoms with Crippen molar-refractivity contribution in [2.24, 2.45) is 11.8 Å². The molecule has 1 aliphatic rings. The summed E-state index contributed by atoms with van der Waals surface area (Å²) < 4.78 is 13.6. The molecule has 1 N–H and O–H groups in total. The minimum absolute atomic E-state index is 0.0636. The molecule has 100 valence electrons. The maximum atomic E-state index is 13.6. The highest BCUT2D eigenvalue weighted by atomic mass is 19.1. The Bertz CT molecular complexity index is 564. The van der Waals surface area contributed by atoms with Crippen molar-refractivity contribution in [3.05, 3.63) is 29.6 Å². The van der Waals surface area contributed by atoms with Gasteiger partial charge in [-0.25, -0.2) is 14.1 Å². The summed E-state index contributed by atoms with van der Waals surface area (Å²) in [7, 11) is 0. The summed E-state index contributed by atoms with van der Waals surface area (Å²) in [6, 6.07) is 3.19. The third-order valence-electron chi connectivity index (χ3n) is 3.41. The predicted octanol–water partition coefficient (Wildman–Crippen LogP) is 1.67. The van der Waals surface area contributed by atoms with E-state index >= 15 is 0 Å². The molecular formula is C13H12FNO4. The number of amides is 2. The Balaban J connectivity index is 2.43. The number of hydrogen-bond donors (Lipinski definition) is 1. The lowest BCUT2D eigenvalue weighted by Crippen LogP contribution is -2.30. The van der Waals surface area contributed by atoms with Crippen molar-refractivity contribution < 1.29 is 23.9 Å². The molecule has 1 aromatic carbocycles. The molecule has 19 heavy (non-hydrogen) atoms. The summed E-state index contributed by atoms with van der Waals surface area (Å²) in [6.45, 7) is 3.26. The molecular weight excluding hydrogens is 253 g/mol. The molecule has 2 unspecified atom stereocenters. The molecule has 0 bridgehead atoms. The van der Waals surface area contributed by atoms with Gasteiger partial charge in [-0.05, 0) is 18.2 Å². The molecule has 1 heterocycles. The van der Waals surface area contributed by atoms with E-state index in [1.807, 2.05) is 0 Å². The fourth-order valence-electron chi connectivity index (χ4n) is 2.01. The Kier molecular flexibility index (Phi) is 3.09. The van der Waals surface area contributed by atoms with Gasteiger partial charge in [0.25, 0.3) is 0 Å². The quantitative estimate of drug-likeness (QED) is 0.825. The van der Waals surface area contributed by atoms with Gasteiger partial charge in [-0.1, -0.05) is 13.8 Å². The molecule has 1 aliphatic heterocycles. The predicted molar refractivity (Wildman–Crippen MR) is 64.2 cm³/mol. The lowest BCUT2D eigenvalue weighted by molar-refractivity contribution is -0.122. The van der Waals surface area contributed by atoms with E-state index < -0.39 is 41.0 Å². The number of carbonyl (C=O) groups is 3. The van der Waals surface area contributed by atoms with E-state index in [0.29, 0.717) is 0 Å². The Hall–Kier alpha value is -2.24. The summed E-state index contributed by atoms with van der Waals surface area (Å²) in [5, 5.41) is 8.72. The number of hydrogen-bond acceptors (Lipinski definition) is 3. The van der Waals surface area contributed by atoms with Crippen LogP contribution in [0.4, 0.5) is 10.1 Å². The number of imide groups is 1. The lowest BCUT2D eigenvalue weighted by atomic mass is 10.00. The van der Waals surface area contributed by atoms with Gasteiger partial charge in [-0.15, -0.1) is 0 Å². The van der Waals surface area contributed by atoms with Crippen molar-refractivity contribution >= 4 is 23.5 Å². The van der Waals surface area contributed by atoms with Crippen molar-refractivity contribution in [3.8, 4) is 0 Å². The minimum Gasteiger partial charge on any atom is -0.478 e. The number of benzene rings is 1. The largest absolute Gasteiger partial charge is 0.478 e. The Labute approximate surface area is 108 Å². The first-order valence-electron chi connectivity index (χ1n) is 5.75. The standard InChI is InChI=1S/C13H12FNO4/c1-6-7(2)12(17)15(11(6)16)8-3-4-9(13(18)19)10(14)5-8/h3-7H,1-2H3,(H,18,19). The molecule has 5 nitrogen and oxygen atoms in total. The number of aromatic carboxylic acids is 1. The van der Waals surface area contributed by atoms with Gasteiger partial charge < -0.3 is 5.11 Å². The molecule has 2 amide bonds. The van der Waals surface area contributed by atoms with E-state index in [2.05, 4.69) is 0 Å². The number of carbonyl (C=O) groups excluding carboxylic acids is 2. The maximum Gasteiger partial charge on any atom is 0.338 e. The molecule has 0 spiro atoms. The van der Waals surface area contributed by atoms with Crippen LogP contribution in [-0.4, -0.2) is 22.9 Å². The van der Waals surface area contributed by atoms with Gasteiger partial charge in [-0.2, -0.15) is 0 Å². The molecule has 1 saturated heterocycles. The van der Waals surface area contributed by atoms with Crippen molar-refractivity contribution in [2.45, 2.75) is 13.8 Å².